The second-order valence-corrected chi connectivity index (χ2v) is 5.67. The summed E-state index contributed by atoms with van der Waals surface area (Å²) in [7, 11) is 0. The third-order valence-corrected chi connectivity index (χ3v) is 4.30. The van der Waals surface area contributed by atoms with Crippen molar-refractivity contribution in [3.63, 3.8) is 0 Å². The Kier molecular flexibility index (Phi) is 3.29. The van der Waals surface area contributed by atoms with Crippen LogP contribution >= 0.6 is 0 Å². The first kappa shape index (κ1) is 13.8. The van der Waals surface area contributed by atoms with Crippen LogP contribution in [0.3, 0.4) is 0 Å². The van der Waals surface area contributed by atoms with Crippen molar-refractivity contribution < 1.29 is 14.6 Å². The number of rotatable bonds is 3. The Bertz CT molecular complexity index is 701. The van der Waals surface area contributed by atoms with Crippen LogP contribution in [0.15, 0.2) is 30.5 Å². The predicted octanol–water partition coefficient (Wildman–Crippen LogP) is 2.91. The zero-order valence-electron chi connectivity index (χ0n) is 12.1. The number of carbonyl (C=O) groups is 1. The predicted molar refractivity (Wildman–Crippen MR) is 80.8 cm³/mol. The van der Waals surface area contributed by atoms with Crippen molar-refractivity contribution in [2.24, 2.45) is 0 Å². The normalized spacial score (nSPS) is 25.1. The average Bonchev–Trinajstić information content (AvgIpc) is 2.78. The van der Waals surface area contributed by atoms with Crippen molar-refractivity contribution in [1.82, 2.24) is 4.98 Å². The number of hydrogen-bond acceptors (Lipinski definition) is 4. The van der Waals surface area contributed by atoms with Crippen LogP contribution in [0, 0.1) is 0 Å². The molecule has 1 saturated heterocycles. The zero-order chi connectivity index (χ0) is 15.0. The molecule has 0 amide bonds. The molecule has 2 N–H and O–H groups in total. The lowest BCUT2D eigenvalue weighted by molar-refractivity contribution is 0.0697. The van der Waals surface area contributed by atoms with Gasteiger partial charge in [-0.1, -0.05) is 18.2 Å². The molecule has 5 heteroatoms. The van der Waals surface area contributed by atoms with Gasteiger partial charge in [0.2, 0.25) is 0 Å². The molecule has 2 atom stereocenters. The quantitative estimate of drug-likeness (QED) is 0.907. The second-order valence-electron chi connectivity index (χ2n) is 5.67. The lowest BCUT2D eigenvalue weighted by Gasteiger charge is -2.31. The van der Waals surface area contributed by atoms with Gasteiger partial charge in [0.05, 0.1) is 22.8 Å². The highest BCUT2D eigenvalue weighted by molar-refractivity contribution is 6.04. The summed E-state index contributed by atoms with van der Waals surface area (Å²) < 4.78 is 5.63. The van der Waals surface area contributed by atoms with E-state index in [0.29, 0.717) is 12.3 Å². The number of nitrogens with zero attached hydrogens (tertiary/aromatic N) is 1. The molecular formula is C16H18N2O3. The molecule has 2 unspecified atom stereocenters. The van der Waals surface area contributed by atoms with E-state index in [1.54, 1.807) is 0 Å². The highest BCUT2D eigenvalue weighted by Crippen LogP contribution is 2.34. The minimum Gasteiger partial charge on any atom is -0.478 e. The van der Waals surface area contributed by atoms with E-state index in [2.05, 4.69) is 17.2 Å². The van der Waals surface area contributed by atoms with Gasteiger partial charge in [-0.25, -0.2) is 4.79 Å². The number of carboxylic acid groups (broad SMARTS) is 1. The molecule has 0 radical (unpaired) electrons. The molecule has 0 spiro atoms. The standard InChI is InChI=1S/C16H18N2O3/c1-10-16(2,7-8-21-10)18-14-11-5-3-4-6-13(11)17-9-12(14)15(19)20/h3-6,9-10H,7-8H2,1-2H3,(H,17,18)(H,19,20). The van der Waals surface area contributed by atoms with Gasteiger partial charge < -0.3 is 15.2 Å². The van der Waals surface area contributed by atoms with Crippen molar-refractivity contribution >= 4 is 22.6 Å². The molecule has 0 saturated carbocycles. The molecule has 110 valence electrons. The van der Waals surface area contributed by atoms with Gasteiger partial charge in [-0.3, -0.25) is 4.98 Å². The molecule has 21 heavy (non-hydrogen) atoms. The maximum Gasteiger partial charge on any atom is 0.339 e. The van der Waals surface area contributed by atoms with Gasteiger partial charge in [-0.05, 0) is 26.3 Å². The fourth-order valence-electron chi connectivity index (χ4n) is 2.72. The monoisotopic (exact) mass is 286 g/mol. The third-order valence-electron chi connectivity index (χ3n) is 4.30. The van der Waals surface area contributed by atoms with Gasteiger partial charge in [-0.2, -0.15) is 0 Å². The number of aromatic carboxylic acids is 1. The van der Waals surface area contributed by atoms with Crippen molar-refractivity contribution in [2.45, 2.75) is 31.9 Å². The Labute approximate surface area is 123 Å². The SMILES string of the molecule is CC1OCCC1(C)Nc1c(C(=O)O)cnc2ccccc12. The van der Waals surface area contributed by atoms with E-state index in [9.17, 15) is 9.90 Å². The Morgan fingerprint density at radius 3 is 2.90 bits per heavy atom. The van der Waals surface area contributed by atoms with Crippen LogP contribution in [0.25, 0.3) is 10.9 Å². The fourth-order valence-corrected chi connectivity index (χ4v) is 2.72. The highest BCUT2D eigenvalue weighted by Gasteiger charge is 2.38. The summed E-state index contributed by atoms with van der Waals surface area (Å²) in [6.07, 6.45) is 2.27. The minimum atomic E-state index is -0.981. The number of aromatic nitrogens is 1. The summed E-state index contributed by atoms with van der Waals surface area (Å²) in [6.45, 7) is 4.74. The maximum absolute atomic E-state index is 11.5. The fraction of sp³-hybridized carbons (Fsp3) is 0.375. The molecule has 0 bridgehead atoms. The molecule has 2 heterocycles. The number of pyridine rings is 1. The van der Waals surface area contributed by atoms with Gasteiger partial charge in [0, 0.05) is 18.2 Å². The van der Waals surface area contributed by atoms with E-state index in [1.165, 1.54) is 6.20 Å². The smallest absolute Gasteiger partial charge is 0.339 e. The first-order chi connectivity index (χ1) is 10.0. The van der Waals surface area contributed by atoms with Crippen LogP contribution < -0.4 is 5.32 Å². The molecule has 2 aromatic rings. The van der Waals surface area contributed by atoms with Crippen LogP contribution in [0.2, 0.25) is 0 Å². The second kappa shape index (κ2) is 5.00. The Hall–Kier alpha value is -2.14. The van der Waals surface area contributed by atoms with E-state index < -0.39 is 5.97 Å². The van der Waals surface area contributed by atoms with E-state index >= 15 is 0 Å². The number of para-hydroxylation sites is 1. The lowest BCUT2D eigenvalue weighted by Crippen LogP contribution is -2.41. The molecule has 1 aliphatic heterocycles. The Morgan fingerprint density at radius 1 is 1.48 bits per heavy atom. The molecule has 5 nitrogen and oxygen atoms in total. The van der Waals surface area contributed by atoms with Gasteiger partial charge in [-0.15, -0.1) is 0 Å². The summed E-state index contributed by atoms with van der Waals surface area (Å²) in [5, 5.41) is 13.7. The Morgan fingerprint density at radius 2 is 2.24 bits per heavy atom. The van der Waals surface area contributed by atoms with Gasteiger partial charge in [0.15, 0.2) is 0 Å². The third kappa shape index (κ3) is 2.34. The summed E-state index contributed by atoms with van der Waals surface area (Å²) in [5.74, 6) is -0.981. The van der Waals surface area contributed by atoms with Crippen molar-refractivity contribution in [3.05, 3.63) is 36.0 Å². The van der Waals surface area contributed by atoms with E-state index in [-0.39, 0.29) is 17.2 Å². The number of anilines is 1. The topological polar surface area (TPSA) is 71.5 Å². The molecule has 3 rings (SSSR count). The number of fused-ring (bicyclic) bond motifs is 1. The van der Waals surface area contributed by atoms with E-state index in [0.717, 1.165) is 17.3 Å². The van der Waals surface area contributed by atoms with E-state index in [1.807, 2.05) is 31.2 Å². The summed E-state index contributed by atoms with van der Waals surface area (Å²) >= 11 is 0. The van der Waals surface area contributed by atoms with Crippen molar-refractivity contribution in [2.75, 3.05) is 11.9 Å². The number of benzene rings is 1. The largest absolute Gasteiger partial charge is 0.478 e. The first-order valence-corrected chi connectivity index (χ1v) is 7.02. The van der Waals surface area contributed by atoms with E-state index in [4.69, 9.17) is 4.74 Å². The van der Waals surface area contributed by atoms with Gasteiger partial charge >= 0.3 is 5.97 Å². The van der Waals surface area contributed by atoms with Crippen LogP contribution in [-0.2, 0) is 4.74 Å². The Balaban J connectivity index is 2.15. The minimum absolute atomic E-state index is 0.0195. The number of carboxylic acids is 1. The highest BCUT2D eigenvalue weighted by atomic mass is 16.5. The van der Waals surface area contributed by atoms with Crippen LogP contribution in [-0.4, -0.2) is 34.3 Å². The van der Waals surface area contributed by atoms with Crippen molar-refractivity contribution in [1.29, 1.82) is 0 Å². The van der Waals surface area contributed by atoms with Gasteiger partial charge in [0.25, 0.3) is 0 Å². The number of ether oxygens (including phenoxy) is 1. The molecular weight excluding hydrogens is 268 g/mol. The molecule has 1 aromatic carbocycles. The molecule has 1 aromatic heterocycles. The van der Waals surface area contributed by atoms with Gasteiger partial charge in [0.1, 0.15) is 5.56 Å². The average molecular weight is 286 g/mol. The lowest BCUT2D eigenvalue weighted by atomic mass is 9.93. The summed E-state index contributed by atoms with van der Waals surface area (Å²) in [4.78, 5) is 15.7. The molecule has 1 fully saturated rings. The van der Waals surface area contributed by atoms with Crippen LogP contribution in [0.5, 0.6) is 0 Å². The summed E-state index contributed by atoms with van der Waals surface area (Å²) in [6, 6.07) is 7.55. The summed E-state index contributed by atoms with van der Waals surface area (Å²) in [5.41, 5.74) is 1.30. The molecule has 1 aliphatic rings. The van der Waals surface area contributed by atoms with Crippen LogP contribution in [0.1, 0.15) is 30.6 Å². The van der Waals surface area contributed by atoms with Crippen molar-refractivity contribution in [3.8, 4) is 0 Å². The zero-order valence-corrected chi connectivity index (χ0v) is 12.1. The first-order valence-electron chi connectivity index (χ1n) is 7.02. The molecule has 0 aliphatic carbocycles. The number of nitrogens with one attached hydrogen (secondary N) is 1. The number of hydrogen-bond donors (Lipinski definition) is 2. The van der Waals surface area contributed by atoms with Crippen LogP contribution in [0.4, 0.5) is 5.69 Å². The maximum atomic E-state index is 11.5.